The third kappa shape index (κ3) is 5.16. The van der Waals surface area contributed by atoms with Crippen molar-refractivity contribution < 1.29 is 14.6 Å². The number of benzene rings is 2. The van der Waals surface area contributed by atoms with Crippen molar-refractivity contribution in [3.8, 4) is 17.2 Å². The lowest BCUT2D eigenvalue weighted by Gasteiger charge is -2.33. The molecule has 0 amide bonds. The Morgan fingerprint density at radius 2 is 1.28 bits per heavy atom. The van der Waals surface area contributed by atoms with Gasteiger partial charge in [0.2, 0.25) is 0 Å². The third-order valence-corrected chi connectivity index (χ3v) is 9.83. The Kier molecular flexibility index (Phi) is 6.48. The summed E-state index contributed by atoms with van der Waals surface area (Å²) in [7, 11) is -0.193. The van der Waals surface area contributed by atoms with Crippen LogP contribution >= 0.6 is 0 Å². The first-order chi connectivity index (χ1) is 13.2. The first-order valence-electron chi connectivity index (χ1n) is 10.4. The van der Waals surface area contributed by atoms with Crippen molar-refractivity contribution in [3.63, 3.8) is 0 Å². The molecule has 0 spiro atoms. The van der Waals surface area contributed by atoms with Crippen LogP contribution in [0.2, 0.25) is 13.1 Å². The van der Waals surface area contributed by atoms with Crippen LogP contribution in [0.3, 0.4) is 0 Å². The van der Waals surface area contributed by atoms with E-state index >= 15 is 0 Å². The van der Waals surface area contributed by atoms with Crippen LogP contribution in [-0.4, -0.2) is 26.0 Å². The minimum Gasteiger partial charge on any atom is -0.507 e. The summed E-state index contributed by atoms with van der Waals surface area (Å²) < 4.78 is 11.8. The highest BCUT2D eigenvalue weighted by molar-refractivity contribution is 6.90. The number of phenols is 1. The second-order valence-corrected chi connectivity index (χ2v) is 15.4. The van der Waals surface area contributed by atoms with Crippen molar-refractivity contribution in [2.75, 3.05) is 7.11 Å². The summed E-state index contributed by atoms with van der Waals surface area (Å²) in [5.41, 5.74) is 1.58. The number of rotatable bonds is 5. The molecule has 0 heterocycles. The average molecular weight is 415 g/mol. The molecule has 0 radical (unpaired) electrons. The van der Waals surface area contributed by atoms with Crippen LogP contribution in [0.5, 0.6) is 17.2 Å². The Labute approximate surface area is 178 Å². The molecule has 160 valence electrons. The molecule has 0 fully saturated rings. The quantitative estimate of drug-likeness (QED) is 0.617. The molecular formula is C25H38O3Si. The van der Waals surface area contributed by atoms with E-state index in [0.717, 1.165) is 22.6 Å². The van der Waals surface area contributed by atoms with Crippen LogP contribution in [0.25, 0.3) is 0 Å². The lowest BCUT2D eigenvalue weighted by Crippen LogP contribution is -2.53. The maximum atomic E-state index is 10.9. The summed E-state index contributed by atoms with van der Waals surface area (Å²) in [4.78, 5) is 0. The molecular weight excluding hydrogens is 376 g/mol. The summed E-state index contributed by atoms with van der Waals surface area (Å²) in [5.74, 6) is 2.09. The number of phenolic OH excluding ortho intramolecular Hbond substituents is 1. The van der Waals surface area contributed by atoms with E-state index in [1.165, 1.54) is 5.19 Å². The molecule has 29 heavy (non-hydrogen) atoms. The van der Waals surface area contributed by atoms with Crippen LogP contribution in [-0.2, 0) is 10.8 Å². The van der Waals surface area contributed by atoms with Gasteiger partial charge in [0.1, 0.15) is 25.3 Å². The minimum absolute atomic E-state index is 0.0704. The molecule has 2 aromatic rings. The van der Waals surface area contributed by atoms with Crippen LogP contribution in [0.15, 0.2) is 36.4 Å². The van der Waals surface area contributed by atoms with E-state index in [1.54, 1.807) is 7.11 Å². The lowest BCUT2D eigenvalue weighted by molar-refractivity contribution is 0.287. The molecule has 0 saturated heterocycles. The Balaban J connectivity index is 2.43. The van der Waals surface area contributed by atoms with Gasteiger partial charge in [0, 0.05) is 11.1 Å². The van der Waals surface area contributed by atoms with Crippen LogP contribution in [0.4, 0.5) is 0 Å². The zero-order valence-electron chi connectivity index (χ0n) is 19.8. The highest BCUT2D eigenvalue weighted by Gasteiger charge is 2.34. The van der Waals surface area contributed by atoms with E-state index < -0.39 is 8.07 Å². The number of methoxy groups -OCH3 is 1. The van der Waals surface area contributed by atoms with Crippen molar-refractivity contribution in [1.82, 2.24) is 0 Å². The monoisotopic (exact) mass is 414 g/mol. The summed E-state index contributed by atoms with van der Waals surface area (Å²) in [6.07, 6.45) is 0. The van der Waals surface area contributed by atoms with Gasteiger partial charge in [0.25, 0.3) is 0 Å². The Morgan fingerprint density at radius 3 is 1.66 bits per heavy atom. The van der Waals surface area contributed by atoms with Gasteiger partial charge >= 0.3 is 0 Å². The van der Waals surface area contributed by atoms with E-state index in [1.807, 2.05) is 24.3 Å². The first-order valence-corrected chi connectivity index (χ1v) is 13.4. The predicted octanol–water partition coefficient (Wildman–Crippen LogP) is 5.92. The Morgan fingerprint density at radius 1 is 0.828 bits per heavy atom. The third-order valence-electron chi connectivity index (χ3n) is 5.86. The summed E-state index contributed by atoms with van der Waals surface area (Å²) >= 11 is 0. The van der Waals surface area contributed by atoms with Crippen molar-refractivity contribution >= 4 is 13.3 Å². The van der Waals surface area contributed by atoms with Gasteiger partial charge in [-0.05, 0) is 42.0 Å². The molecule has 3 nitrogen and oxygen atoms in total. The van der Waals surface area contributed by atoms with Gasteiger partial charge in [0.15, 0.2) is 0 Å². The first kappa shape index (κ1) is 23.3. The Bertz CT molecular complexity index is 805. The van der Waals surface area contributed by atoms with Gasteiger partial charge < -0.3 is 14.6 Å². The molecule has 4 heteroatoms. The number of hydrogen-bond donors (Lipinski definition) is 1. The van der Waals surface area contributed by atoms with E-state index in [-0.39, 0.29) is 16.6 Å². The van der Waals surface area contributed by atoms with Gasteiger partial charge in [-0.25, -0.2) is 0 Å². The van der Waals surface area contributed by atoms with E-state index in [2.05, 4.69) is 73.7 Å². The summed E-state index contributed by atoms with van der Waals surface area (Å²) in [5, 5.41) is 12.3. The summed E-state index contributed by atoms with van der Waals surface area (Å²) in [6.45, 7) is 19.6. The minimum atomic E-state index is -1.88. The molecule has 0 aromatic heterocycles. The van der Waals surface area contributed by atoms with Gasteiger partial charge in [-0.15, -0.1) is 0 Å². The molecule has 2 aromatic carbocycles. The Hall–Kier alpha value is -1.94. The number of hydrogen-bond acceptors (Lipinski definition) is 3. The molecule has 1 unspecified atom stereocenters. The topological polar surface area (TPSA) is 38.7 Å². The molecule has 0 aliphatic heterocycles. The van der Waals surface area contributed by atoms with Crippen molar-refractivity contribution in [3.05, 3.63) is 47.5 Å². The summed E-state index contributed by atoms with van der Waals surface area (Å²) in [6, 6.07) is 12.4. The smallest absolute Gasteiger partial charge is 0.127 e. The fraction of sp³-hybridized carbons (Fsp3) is 0.520. The van der Waals surface area contributed by atoms with Crippen molar-refractivity contribution in [2.24, 2.45) is 0 Å². The predicted molar refractivity (Wildman–Crippen MR) is 126 cm³/mol. The fourth-order valence-electron chi connectivity index (χ4n) is 3.43. The van der Waals surface area contributed by atoms with Crippen LogP contribution in [0.1, 0.15) is 59.6 Å². The van der Waals surface area contributed by atoms with Crippen molar-refractivity contribution in [1.29, 1.82) is 0 Å². The SMILES string of the molecule is COc1ccc([Si](C)(C)C(C)Oc2cc(C(C)(C)C)c(O)c(C(C)(C)C)c2)cc1. The highest BCUT2D eigenvalue weighted by atomic mass is 28.3. The normalized spacial score (nSPS) is 13.9. The maximum absolute atomic E-state index is 10.9. The molecule has 0 aliphatic rings. The lowest BCUT2D eigenvalue weighted by atomic mass is 9.79. The molecule has 0 bridgehead atoms. The number of ether oxygens (including phenoxy) is 2. The second-order valence-electron chi connectivity index (χ2n) is 10.6. The van der Waals surface area contributed by atoms with Crippen LogP contribution in [0, 0.1) is 0 Å². The van der Waals surface area contributed by atoms with Gasteiger partial charge in [-0.3, -0.25) is 0 Å². The van der Waals surface area contributed by atoms with E-state index in [0.29, 0.717) is 5.75 Å². The van der Waals surface area contributed by atoms with Crippen LogP contribution < -0.4 is 14.7 Å². The highest BCUT2D eigenvalue weighted by Crippen LogP contribution is 2.42. The fourth-order valence-corrected chi connectivity index (χ4v) is 5.35. The second kappa shape index (κ2) is 8.06. The standard InChI is InChI=1S/C25H38O3Si/c1-17(29(9,10)20-13-11-18(27-8)12-14-20)28-19-15-21(24(2,3)4)23(26)22(16-19)25(5,6)7/h11-17,26H,1-10H3. The molecule has 1 atom stereocenters. The van der Waals surface area contributed by atoms with Gasteiger partial charge in [0.05, 0.1) is 12.8 Å². The van der Waals surface area contributed by atoms with E-state index in [4.69, 9.17) is 9.47 Å². The molecule has 0 saturated carbocycles. The average Bonchev–Trinajstić information content (AvgIpc) is 2.61. The molecule has 0 aliphatic carbocycles. The maximum Gasteiger partial charge on any atom is 0.127 e. The largest absolute Gasteiger partial charge is 0.507 e. The van der Waals surface area contributed by atoms with Gasteiger partial charge in [-0.1, -0.05) is 72.0 Å². The van der Waals surface area contributed by atoms with Gasteiger partial charge in [-0.2, -0.15) is 0 Å². The zero-order chi connectivity index (χ0) is 22.2. The molecule has 2 rings (SSSR count). The van der Waals surface area contributed by atoms with Crippen molar-refractivity contribution in [2.45, 2.75) is 78.1 Å². The number of aromatic hydroxyl groups is 1. The zero-order valence-corrected chi connectivity index (χ0v) is 20.8. The van der Waals surface area contributed by atoms with E-state index in [9.17, 15) is 5.11 Å². The molecule has 1 N–H and O–H groups in total.